The molecule has 1 saturated heterocycles. The van der Waals surface area contributed by atoms with Gasteiger partial charge in [0.25, 0.3) is 0 Å². The van der Waals surface area contributed by atoms with Crippen molar-refractivity contribution in [2.24, 2.45) is 29.6 Å². The second kappa shape index (κ2) is 10.7. The Bertz CT molecular complexity index is 833. The topological polar surface area (TPSA) is 169 Å². The summed E-state index contributed by atoms with van der Waals surface area (Å²) >= 11 is 0. The Morgan fingerprint density at radius 1 is 1.00 bits per heavy atom. The molecule has 6 unspecified atom stereocenters. The van der Waals surface area contributed by atoms with E-state index in [-0.39, 0.29) is 56.3 Å². The molecular weight excluding hydrogens is 452 g/mol. The molecule has 1 heterocycles. The molecule has 0 aromatic carbocycles. The Kier molecular flexibility index (Phi) is 8.13. The van der Waals surface area contributed by atoms with E-state index in [0.717, 1.165) is 0 Å². The standard InChI is InChI=1S/C22H32N2O10/c1-32-19(29)12-3-5-15(17(25)26)14(9-12)11-34-23-7-8-24-21(31)22(24)10-13(20(30)33-2)4-6-16(22)18(27)28/h12-16,23H,3-11H2,1-2H3,(H,25,26)(H,27,28). The molecule has 1 spiro atoms. The Hall–Kier alpha value is -2.73. The number of hydrogen-bond acceptors (Lipinski definition) is 9. The van der Waals surface area contributed by atoms with Gasteiger partial charge >= 0.3 is 23.9 Å². The number of rotatable bonds is 10. The lowest BCUT2D eigenvalue weighted by Gasteiger charge is -2.32. The van der Waals surface area contributed by atoms with Crippen LogP contribution in [0.25, 0.3) is 0 Å². The van der Waals surface area contributed by atoms with Crippen LogP contribution in [-0.2, 0) is 38.3 Å². The highest BCUT2D eigenvalue weighted by Gasteiger charge is 2.70. The zero-order valence-electron chi connectivity index (χ0n) is 19.4. The molecule has 190 valence electrons. The van der Waals surface area contributed by atoms with Crippen LogP contribution in [0.1, 0.15) is 38.5 Å². The monoisotopic (exact) mass is 484 g/mol. The molecule has 3 N–H and O–H groups in total. The fourth-order valence-electron chi connectivity index (χ4n) is 5.63. The molecular formula is C22H32N2O10. The van der Waals surface area contributed by atoms with Gasteiger partial charge in [0.1, 0.15) is 5.54 Å². The van der Waals surface area contributed by atoms with E-state index in [1.807, 2.05) is 0 Å². The highest BCUT2D eigenvalue weighted by Crippen LogP contribution is 2.52. The minimum Gasteiger partial charge on any atom is -0.481 e. The molecule has 34 heavy (non-hydrogen) atoms. The number of hydrogen-bond donors (Lipinski definition) is 3. The van der Waals surface area contributed by atoms with Gasteiger partial charge in [-0.15, -0.1) is 0 Å². The molecule has 12 heteroatoms. The third-order valence-corrected chi connectivity index (χ3v) is 7.49. The summed E-state index contributed by atoms with van der Waals surface area (Å²) in [6.07, 6.45) is 1.81. The van der Waals surface area contributed by atoms with Gasteiger partial charge in [0.15, 0.2) is 0 Å². The predicted molar refractivity (Wildman–Crippen MR) is 113 cm³/mol. The zero-order valence-corrected chi connectivity index (χ0v) is 19.4. The van der Waals surface area contributed by atoms with E-state index in [1.165, 1.54) is 19.1 Å². The summed E-state index contributed by atoms with van der Waals surface area (Å²) in [5.74, 6) is -5.93. The number of carbonyl (C=O) groups is 5. The van der Waals surface area contributed by atoms with Crippen molar-refractivity contribution in [2.45, 2.75) is 44.1 Å². The maximum Gasteiger partial charge on any atom is 0.309 e. The normalized spacial score (nSPS) is 32.8. The minimum absolute atomic E-state index is 0.0612. The summed E-state index contributed by atoms with van der Waals surface area (Å²) in [6, 6.07) is 0. The highest BCUT2D eigenvalue weighted by molar-refractivity contribution is 6.06. The summed E-state index contributed by atoms with van der Waals surface area (Å²) in [4.78, 5) is 66.7. The molecule has 3 rings (SSSR count). The van der Waals surface area contributed by atoms with Gasteiger partial charge in [-0.25, -0.2) is 5.48 Å². The lowest BCUT2D eigenvalue weighted by atomic mass is 9.73. The lowest BCUT2D eigenvalue weighted by molar-refractivity contribution is -0.154. The van der Waals surface area contributed by atoms with E-state index in [1.54, 1.807) is 0 Å². The summed E-state index contributed by atoms with van der Waals surface area (Å²) in [5, 5.41) is 19.1. The highest BCUT2D eigenvalue weighted by atomic mass is 16.6. The largest absolute Gasteiger partial charge is 0.481 e. The van der Waals surface area contributed by atoms with Gasteiger partial charge in [0.2, 0.25) is 5.91 Å². The summed E-state index contributed by atoms with van der Waals surface area (Å²) in [7, 11) is 2.56. The number of amides is 1. The fourth-order valence-corrected chi connectivity index (χ4v) is 5.63. The molecule has 12 nitrogen and oxygen atoms in total. The first-order chi connectivity index (χ1) is 16.2. The van der Waals surface area contributed by atoms with Crippen molar-refractivity contribution in [3.05, 3.63) is 0 Å². The number of carboxylic acids is 2. The van der Waals surface area contributed by atoms with Gasteiger partial charge in [-0.05, 0) is 44.4 Å². The number of carboxylic acid groups (broad SMARTS) is 2. The van der Waals surface area contributed by atoms with Crippen LogP contribution in [0.5, 0.6) is 0 Å². The Morgan fingerprint density at radius 3 is 2.26 bits per heavy atom. The first-order valence-corrected chi connectivity index (χ1v) is 11.4. The summed E-state index contributed by atoms with van der Waals surface area (Å²) < 4.78 is 9.56. The molecule has 0 aromatic heterocycles. The number of esters is 2. The van der Waals surface area contributed by atoms with Gasteiger partial charge in [0.05, 0.1) is 44.5 Å². The first kappa shape index (κ1) is 25.9. The number of carbonyl (C=O) groups excluding carboxylic acids is 3. The Balaban J connectivity index is 1.51. The van der Waals surface area contributed by atoms with Crippen molar-refractivity contribution in [1.82, 2.24) is 10.4 Å². The quantitative estimate of drug-likeness (QED) is 0.166. The number of methoxy groups -OCH3 is 2. The van der Waals surface area contributed by atoms with Crippen molar-refractivity contribution in [2.75, 3.05) is 33.9 Å². The van der Waals surface area contributed by atoms with Crippen LogP contribution in [0.3, 0.4) is 0 Å². The van der Waals surface area contributed by atoms with Crippen LogP contribution in [0.15, 0.2) is 0 Å². The van der Waals surface area contributed by atoms with E-state index < -0.39 is 41.2 Å². The predicted octanol–water partition coefficient (Wildman–Crippen LogP) is 0.0526. The van der Waals surface area contributed by atoms with Crippen molar-refractivity contribution in [3.8, 4) is 0 Å². The van der Waals surface area contributed by atoms with Crippen molar-refractivity contribution in [3.63, 3.8) is 0 Å². The maximum atomic E-state index is 12.7. The third kappa shape index (κ3) is 5.02. The second-order valence-electron chi connectivity index (χ2n) is 9.22. The van der Waals surface area contributed by atoms with Gasteiger partial charge in [-0.3, -0.25) is 24.0 Å². The number of ether oxygens (including phenoxy) is 2. The fraction of sp³-hybridized carbons (Fsp3) is 0.773. The molecule has 0 radical (unpaired) electrons. The smallest absolute Gasteiger partial charge is 0.309 e. The molecule has 1 aliphatic heterocycles. The van der Waals surface area contributed by atoms with E-state index in [0.29, 0.717) is 25.7 Å². The van der Waals surface area contributed by atoms with Crippen LogP contribution in [0, 0.1) is 29.6 Å². The molecule has 2 aliphatic carbocycles. The average Bonchev–Trinajstić information content (AvgIpc) is 3.37. The van der Waals surface area contributed by atoms with Crippen LogP contribution < -0.4 is 5.48 Å². The average molecular weight is 485 g/mol. The molecule has 0 aromatic rings. The molecule has 0 bridgehead atoms. The van der Waals surface area contributed by atoms with Gasteiger partial charge in [-0.2, -0.15) is 0 Å². The number of nitrogens with zero attached hydrogens (tertiary/aromatic N) is 1. The minimum atomic E-state index is -1.21. The van der Waals surface area contributed by atoms with Crippen LogP contribution in [0.4, 0.5) is 0 Å². The maximum absolute atomic E-state index is 12.7. The summed E-state index contributed by atoms with van der Waals surface area (Å²) in [6.45, 7) is 0.424. The van der Waals surface area contributed by atoms with Crippen LogP contribution in [0.2, 0.25) is 0 Å². The number of aliphatic carboxylic acids is 2. The van der Waals surface area contributed by atoms with Gasteiger partial charge < -0.3 is 29.4 Å². The zero-order chi connectivity index (χ0) is 25.0. The van der Waals surface area contributed by atoms with E-state index >= 15 is 0 Å². The van der Waals surface area contributed by atoms with Crippen molar-refractivity contribution < 1.29 is 48.5 Å². The molecule has 2 saturated carbocycles. The number of nitrogens with one attached hydrogen (secondary N) is 1. The SMILES string of the molecule is COC(=O)C1CCC(C(=O)O)C(CONCCN2C(=O)C23CC(C(=O)OC)CCC3C(=O)O)C1. The van der Waals surface area contributed by atoms with Crippen molar-refractivity contribution >= 4 is 29.8 Å². The van der Waals surface area contributed by atoms with Gasteiger partial charge in [0, 0.05) is 13.1 Å². The molecule has 1 amide bonds. The van der Waals surface area contributed by atoms with Crippen LogP contribution >= 0.6 is 0 Å². The lowest BCUT2D eigenvalue weighted by Crippen LogP contribution is -2.44. The van der Waals surface area contributed by atoms with Crippen LogP contribution in [-0.4, -0.2) is 84.4 Å². The van der Waals surface area contributed by atoms with E-state index in [2.05, 4.69) is 5.48 Å². The van der Waals surface area contributed by atoms with E-state index in [9.17, 15) is 34.2 Å². The first-order valence-electron chi connectivity index (χ1n) is 11.4. The van der Waals surface area contributed by atoms with E-state index in [4.69, 9.17) is 14.3 Å². The van der Waals surface area contributed by atoms with Gasteiger partial charge in [-0.1, -0.05) is 0 Å². The Labute approximate surface area is 196 Å². The third-order valence-electron chi connectivity index (χ3n) is 7.49. The Morgan fingerprint density at radius 2 is 1.65 bits per heavy atom. The summed E-state index contributed by atoms with van der Waals surface area (Å²) in [5.41, 5.74) is 1.50. The molecule has 3 fully saturated rings. The molecule has 6 atom stereocenters. The molecule has 3 aliphatic rings. The second-order valence-corrected chi connectivity index (χ2v) is 9.22. The van der Waals surface area contributed by atoms with Crippen molar-refractivity contribution in [1.29, 1.82) is 0 Å². The number of hydroxylamine groups is 1.